The van der Waals surface area contributed by atoms with E-state index in [4.69, 9.17) is 0 Å². The molecule has 78 valence electrons. The average Bonchev–Trinajstić information content (AvgIpc) is 2.26. The van der Waals surface area contributed by atoms with E-state index in [1.54, 1.807) is 0 Å². The number of aromatic nitrogens is 1. The van der Waals surface area contributed by atoms with Crippen LogP contribution in [0.3, 0.4) is 0 Å². The van der Waals surface area contributed by atoms with Gasteiger partial charge in [-0.2, -0.15) is 0 Å². The topological polar surface area (TPSA) is 33.1 Å². The number of aliphatic hydroxyl groups is 1. The Bertz CT molecular complexity index is 451. The van der Waals surface area contributed by atoms with Crippen molar-refractivity contribution in [3.8, 4) is 0 Å². The van der Waals surface area contributed by atoms with Crippen LogP contribution in [-0.2, 0) is 6.42 Å². The molecule has 2 aromatic rings. The SMILES string of the molecule is C[C@@H](O)CCc1cnc2ccccc2c1. The van der Waals surface area contributed by atoms with Crippen LogP contribution in [0.25, 0.3) is 10.9 Å². The number of hydrogen-bond donors (Lipinski definition) is 1. The van der Waals surface area contributed by atoms with Gasteiger partial charge in [0.2, 0.25) is 0 Å². The standard InChI is InChI=1S/C13H15NO/c1-10(15)6-7-11-8-12-4-2-3-5-13(12)14-9-11/h2-5,8-10,15H,6-7H2,1H3/t10-/m1/s1. The molecule has 2 heteroatoms. The number of fused-ring (bicyclic) bond motifs is 1. The van der Waals surface area contributed by atoms with Crippen molar-refractivity contribution in [1.29, 1.82) is 0 Å². The number of aryl methyl sites for hydroxylation is 1. The van der Waals surface area contributed by atoms with Crippen LogP contribution in [0.4, 0.5) is 0 Å². The molecule has 1 aromatic heterocycles. The van der Waals surface area contributed by atoms with Crippen LogP contribution in [0.5, 0.6) is 0 Å². The van der Waals surface area contributed by atoms with Crippen molar-refractivity contribution in [2.45, 2.75) is 25.9 Å². The summed E-state index contributed by atoms with van der Waals surface area (Å²) in [7, 11) is 0. The lowest BCUT2D eigenvalue weighted by atomic mass is 10.1. The quantitative estimate of drug-likeness (QED) is 0.827. The van der Waals surface area contributed by atoms with E-state index in [1.165, 1.54) is 10.9 Å². The molecule has 1 atom stereocenters. The van der Waals surface area contributed by atoms with Gasteiger partial charge in [-0.05, 0) is 37.5 Å². The molecule has 0 spiro atoms. The summed E-state index contributed by atoms with van der Waals surface area (Å²) in [4.78, 5) is 4.38. The van der Waals surface area contributed by atoms with Crippen LogP contribution in [-0.4, -0.2) is 16.2 Å². The zero-order valence-corrected chi connectivity index (χ0v) is 8.85. The molecule has 0 aliphatic rings. The second-order valence-corrected chi connectivity index (χ2v) is 3.92. The fourth-order valence-electron chi connectivity index (χ4n) is 1.63. The Morgan fingerprint density at radius 3 is 2.93 bits per heavy atom. The van der Waals surface area contributed by atoms with Crippen molar-refractivity contribution < 1.29 is 5.11 Å². The van der Waals surface area contributed by atoms with Crippen molar-refractivity contribution in [3.05, 3.63) is 42.1 Å². The molecule has 15 heavy (non-hydrogen) atoms. The highest BCUT2D eigenvalue weighted by molar-refractivity contribution is 5.78. The van der Waals surface area contributed by atoms with Crippen molar-refractivity contribution in [1.82, 2.24) is 4.98 Å². The van der Waals surface area contributed by atoms with Gasteiger partial charge in [-0.25, -0.2) is 0 Å². The molecule has 0 unspecified atom stereocenters. The number of para-hydroxylation sites is 1. The van der Waals surface area contributed by atoms with E-state index in [0.29, 0.717) is 0 Å². The maximum absolute atomic E-state index is 9.21. The van der Waals surface area contributed by atoms with Gasteiger partial charge in [0, 0.05) is 11.6 Å². The normalized spacial score (nSPS) is 12.9. The molecule has 1 aromatic carbocycles. The van der Waals surface area contributed by atoms with Gasteiger partial charge in [0.25, 0.3) is 0 Å². The summed E-state index contributed by atoms with van der Waals surface area (Å²) < 4.78 is 0. The van der Waals surface area contributed by atoms with Gasteiger partial charge < -0.3 is 5.11 Å². The lowest BCUT2D eigenvalue weighted by Crippen LogP contribution is -2.01. The summed E-state index contributed by atoms with van der Waals surface area (Å²) in [6.07, 6.45) is 3.33. The Morgan fingerprint density at radius 2 is 2.13 bits per heavy atom. The molecular formula is C13H15NO. The van der Waals surface area contributed by atoms with Gasteiger partial charge in [-0.15, -0.1) is 0 Å². The highest BCUT2D eigenvalue weighted by atomic mass is 16.3. The minimum Gasteiger partial charge on any atom is -0.393 e. The molecule has 0 bridgehead atoms. The van der Waals surface area contributed by atoms with Gasteiger partial charge >= 0.3 is 0 Å². The number of benzene rings is 1. The molecule has 0 saturated heterocycles. The van der Waals surface area contributed by atoms with Crippen molar-refractivity contribution in [2.75, 3.05) is 0 Å². The van der Waals surface area contributed by atoms with E-state index in [9.17, 15) is 5.11 Å². The lowest BCUT2D eigenvalue weighted by Gasteiger charge is -2.04. The van der Waals surface area contributed by atoms with Gasteiger partial charge in [0.1, 0.15) is 0 Å². The zero-order valence-electron chi connectivity index (χ0n) is 8.85. The Morgan fingerprint density at radius 1 is 1.33 bits per heavy atom. The first-order chi connectivity index (χ1) is 7.25. The van der Waals surface area contributed by atoms with Crippen molar-refractivity contribution in [3.63, 3.8) is 0 Å². The second kappa shape index (κ2) is 4.41. The summed E-state index contributed by atoms with van der Waals surface area (Å²) in [6, 6.07) is 10.2. The Labute approximate surface area is 89.6 Å². The van der Waals surface area contributed by atoms with Crippen LogP contribution >= 0.6 is 0 Å². The molecule has 0 fully saturated rings. The maximum atomic E-state index is 9.21. The summed E-state index contributed by atoms with van der Waals surface area (Å²) in [6.45, 7) is 1.81. The third-order valence-corrected chi connectivity index (χ3v) is 2.50. The maximum Gasteiger partial charge on any atom is 0.0702 e. The zero-order chi connectivity index (χ0) is 10.7. The molecule has 1 N–H and O–H groups in total. The van der Waals surface area contributed by atoms with Gasteiger partial charge in [0.15, 0.2) is 0 Å². The summed E-state index contributed by atoms with van der Waals surface area (Å²) in [5.74, 6) is 0. The smallest absolute Gasteiger partial charge is 0.0702 e. The molecule has 0 amide bonds. The van der Waals surface area contributed by atoms with Gasteiger partial charge in [0.05, 0.1) is 11.6 Å². The first kappa shape index (κ1) is 10.1. The monoisotopic (exact) mass is 201 g/mol. The summed E-state index contributed by atoms with van der Waals surface area (Å²) >= 11 is 0. The molecule has 0 aliphatic heterocycles. The van der Waals surface area contributed by atoms with Crippen molar-refractivity contribution >= 4 is 10.9 Å². The predicted octanol–water partition coefficient (Wildman–Crippen LogP) is 2.55. The van der Waals surface area contributed by atoms with Gasteiger partial charge in [-0.3, -0.25) is 4.98 Å². The largest absolute Gasteiger partial charge is 0.393 e. The van der Waals surface area contributed by atoms with Crippen LogP contribution in [0.15, 0.2) is 36.5 Å². The van der Waals surface area contributed by atoms with E-state index in [0.717, 1.165) is 18.4 Å². The Balaban J connectivity index is 2.23. The minimum atomic E-state index is -0.239. The summed E-state index contributed by atoms with van der Waals surface area (Å²) in [5.41, 5.74) is 2.22. The predicted molar refractivity (Wildman–Crippen MR) is 61.7 cm³/mol. The fraction of sp³-hybridized carbons (Fsp3) is 0.308. The lowest BCUT2D eigenvalue weighted by molar-refractivity contribution is 0.185. The summed E-state index contributed by atoms with van der Waals surface area (Å²) in [5, 5.41) is 10.4. The molecule has 2 nitrogen and oxygen atoms in total. The number of pyridine rings is 1. The number of hydrogen-bond acceptors (Lipinski definition) is 2. The number of rotatable bonds is 3. The van der Waals surface area contributed by atoms with E-state index in [2.05, 4.69) is 17.1 Å². The van der Waals surface area contributed by atoms with Gasteiger partial charge in [-0.1, -0.05) is 18.2 Å². The van der Waals surface area contributed by atoms with E-state index >= 15 is 0 Å². The number of nitrogens with zero attached hydrogens (tertiary/aromatic N) is 1. The number of aliphatic hydroxyl groups excluding tert-OH is 1. The van der Waals surface area contributed by atoms with Crippen LogP contribution in [0.1, 0.15) is 18.9 Å². The van der Waals surface area contributed by atoms with Crippen LogP contribution < -0.4 is 0 Å². The third kappa shape index (κ3) is 2.54. The molecule has 0 aliphatic carbocycles. The molecule has 2 rings (SSSR count). The average molecular weight is 201 g/mol. The minimum absolute atomic E-state index is 0.239. The first-order valence-corrected chi connectivity index (χ1v) is 5.27. The highest BCUT2D eigenvalue weighted by Crippen LogP contribution is 2.14. The second-order valence-electron chi connectivity index (χ2n) is 3.92. The van der Waals surface area contributed by atoms with Crippen LogP contribution in [0.2, 0.25) is 0 Å². The molecule has 1 heterocycles. The highest BCUT2D eigenvalue weighted by Gasteiger charge is 2.00. The van der Waals surface area contributed by atoms with Crippen LogP contribution in [0, 0.1) is 0 Å². The fourth-order valence-corrected chi connectivity index (χ4v) is 1.63. The molecule has 0 radical (unpaired) electrons. The first-order valence-electron chi connectivity index (χ1n) is 5.27. The Hall–Kier alpha value is -1.41. The van der Waals surface area contributed by atoms with E-state index in [-0.39, 0.29) is 6.10 Å². The van der Waals surface area contributed by atoms with E-state index < -0.39 is 0 Å². The third-order valence-electron chi connectivity index (χ3n) is 2.50. The molecule has 0 saturated carbocycles. The van der Waals surface area contributed by atoms with Crippen molar-refractivity contribution in [2.24, 2.45) is 0 Å². The Kier molecular flexibility index (Phi) is 2.97. The van der Waals surface area contributed by atoms with E-state index in [1.807, 2.05) is 31.3 Å². The molecular weight excluding hydrogens is 186 g/mol.